The third-order valence-electron chi connectivity index (χ3n) is 2.84. The van der Waals surface area contributed by atoms with Crippen LogP contribution in [0.2, 0.25) is 0 Å². The van der Waals surface area contributed by atoms with Crippen LogP contribution in [0.15, 0.2) is 54.7 Å². The number of thiocarbonyl (C=S) groups is 1. The predicted octanol–water partition coefficient (Wildman–Crippen LogP) is 3.17. The molecule has 0 aliphatic rings. The van der Waals surface area contributed by atoms with E-state index in [0.29, 0.717) is 11.0 Å². The third-order valence-corrected chi connectivity index (χ3v) is 3.09. The number of pyridine rings is 1. The molecule has 1 aromatic carbocycles. The van der Waals surface area contributed by atoms with Crippen molar-refractivity contribution in [2.45, 2.75) is 12.8 Å². The van der Waals surface area contributed by atoms with Gasteiger partial charge in [-0.2, -0.15) is 0 Å². The summed E-state index contributed by atoms with van der Waals surface area (Å²) in [6.45, 7) is 2.97. The Morgan fingerprint density at radius 3 is 2.58 bits per heavy atom. The highest BCUT2D eigenvalue weighted by atomic mass is 32.1. The summed E-state index contributed by atoms with van der Waals surface area (Å²) in [6, 6.07) is 16.1. The fourth-order valence-corrected chi connectivity index (χ4v) is 1.93. The number of benzene rings is 1. The van der Waals surface area contributed by atoms with E-state index in [2.05, 4.69) is 46.8 Å². The smallest absolute Gasteiger partial charge is 0.171 e. The van der Waals surface area contributed by atoms with Gasteiger partial charge in [0.15, 0.2) is 5.11 Å². The lowest BCUT2D eigenvalue weighted by molar-refractivity contribution is 0.723. The van der Waals surface area contributed by atoms with E-state index in [9.17, 15) is 0 Å². The second-order valence-corrected chi connectivity index (χ2v) is 4.77. The van der Waals surface area contributed by atoms with Crippen LogP contribution in [-0.2, 0) is 0 Å². The minimum absolute atomic E-state index is 0.407. The van der Waals surface area contributed by atoms with Crippen LogP contribution in [-0.4, -0.2) is 16.6 Å². The Hall–Kier alpha value is -1.94. The van der Waals surface area contributed by atoms with Crippen LogP contribution in [0.3, 0.4) is 0 Å². The molecule has 1 aromatic heterocycles. The summed E-state index contributed by atoms with van der Waals surface area (Å²) in [7, 11) is 0. The summed E-state index contributed by atoms with van der Waals surface area (Å²) < 4.78 is 0. The molecule has 2 aromatic rings. The van der Waals surface area contributed by atoms with Crippen molar-refractivity contribution in [2.75, 3.05) is 11.9 Å². The number of anilines is 1. The van der Waals surface area contributed by atoms with Crippen LogP contribution in [0.5, 0.6) is 0 Å². The molecule has 2 rings (SSSR count). The van der Waals surface area contributed by atoms with Gasteiger partial charge in [0.2, 0.25) is 0 Å². The van der Waals surface area contributed by atoms with Crippen LogP contribution < -0.4 is 10.6 Å². The van der Waals surface area contributed by atoms with E-state index in [0.717, 1.165) is 12.4 Å². The lowest BCUT2D eigenvalue weighted by Crippen LogP contribution is -2.31. The van der Waals surface area contributed by atoms with Gasteiger partial charge in [-0.25, -0.2) is 4.98 Å². The first-order valence-corrected chi connectivity index (χ1v) is 6.67. The molecule has 19 heavy (non-hydrogen) atoms. The molecule has 1 heterocycles. The van der Waals surface area contributed by atoms with E-state index in [1.165, 1.54) is 5.56 Å². The molecule has 0 saturated heterocycles. The molecule has 0 bridgehead atoms. The van der Waals surface area contributed by atoms with Crippen LogP contribution in [0.25, 0.3) is 0 Å². The molecule has 2 N–H and O–H groups in total. The van der Waals surface area contributed by atoms with Crippen molar-refractivity contribution in [1.29, 1.82) is 0 Å². The molecule has 0 unspecified atom stereocenters. The number of nitrogens with zero attached hydrogens (tertiary/aromatic N) is 1. The van der Waals surface area contributed by atoms with Gasteiger partial charge < -0.3 is 10.6 Å². The highest BCUT2D eigenvalue weighted by molar-refractivity contribution is 7.80. The fourth-order valence-electron chi connectivity index (χ4n) is 1.74. The van der Waals surface area contributed by atoms with E-state index in [-0.39, 0.29) is 0 Å². The molecule has 1 atom stereocenters. The van der Waals surface area contributed by atoms with Crippen molar-refractivity contribution in [3.8, 4) is 0 Å². The van der Waals surface area contributed by atoms with Crippen molar-refractivity contribution in [3.05, 3.63) is 60.3 Å². The van der Waals surface area contributed by atoms with Crippen molar-refractivity contribution in [3.63, 3.8) is 0 Å². The first kappa shape index (κ1) is 13.5. The van der Waals surface area contributed by atoms with Gasteiger partial charge in [-0.05, 0) is 35.8 Å². The number of rotatable bonds is 4. The molecule has 4 heteroatoms. The molecule has 0 aliphatic carbocycles. The Kier molecular flexibility index (Phi) is 4.86. The Balaban J connectivity index is 1.81. The number of hydrogen-bond acceptors (Lipinski definition) is 2. The summed E-state index contributed by atoms with van der Waals surface area (Å²) in [5, 5.41) is 6.87. The van der Waals surface area contributed by atoms with Gasteiger partial charge in [0.25, 0.3) is 0 Å². The van der Waals surface area contributed by atoms with Crippen molar-refractivity contribution < 1.29 is 0 Å². The molecule has 0 saturated carbocycles. The minimum Gasteiger partial charge on any atom is -0.362 e. The van der Waals surface area contributed by atoms with E-state index >= 15 is 0 Å². The average molecular weight is 271 g/mol. The summed E-state index contributed by atoms with van der Waals surface area (Å²) in [5.41, 5.74) is 1.30. The fraction of sp³-hybridized carbons (Fsp3) is 0.200. The normalized spacial score (nSPS) is 11.6. The SMILES string of the molecule is C[C@@H](CNC(=S)Nc1ccccn1)c1ccccc1. The van der Waals surface area contributed by atoms with Crippen molar-refractivity contribution in [2.24, 2.45) is 0 Å². The molecule has 0 radical (unpaired) electrons. The van der Waals surface area contributed by atoms with Gasteiger partial charge in [-0.15, -0.1) is 0 Å². The zero-order valence-corrected chi connectivity index (χ0v) is 11.7. The summed E-state index contributed by atoms with van der Waals surface area (Å²) in [5.74, 6) is 1.16. The Labute approximate surface area is 119 Å². The predicted molar refractivity (Wildman–Crippen MR) is 83.3 cm³/mol. The van der Waals surface area contributed by atoms with E-state index < -0.39 is 0 Å². The highest BCUT2D eigenvalue weighted by Gasteiger charge is 2.05. The lowest BCUT2D eigenvalue weighted by atomic mass is 10.0. The summed E-state index contributed by atoms with van der Waals surface area (Å²) in [4.78, 5) is 4.17. The van der Waals surface area contributed by atoms with Crippen molar-refractivity contribution in [1.82, 2.24) is 10.3 Å². The number of nitrogens with one attached hydrogen (secondary N) is 2. The van der Waals surface area contributed by atoms with Crippen LogP contribution in [0.4, 0.5) is 5.82 Å². The Morgan fingerprint density at radius 2 is 1.89 bits per heavy atom. The van der Waals surface area contributed by atoms with Gasteiger partial charge in [0, 0.05) is 12.7 Å². The van der Waals surface area contributed by atoms with Crippen molar-refractivity contribution >= 4 is 23.1 Å². The summed E-state index contributed by atoms with van der Waals surface area (Å²) >= 11 is 5.24. The second kappa shape index (κ2) is 6.85. The maximum absolute atomic E-state index is 5.24. The molecule has 0 amide bonds. The van der Waals surface area contributed by atoms with Crippen LogP contribution in [0, 0.1) is 0 Å². The molecule has 0 fully saturated rings. The third kappa shape index (κ3) is 4.34. The molecular weight excluding hydrogens is 254 g/mol. The minimum atomic E-state index is 0.407. The molecular formula is C15H17N3S. The zero-order valence-electron chi connectivity index (χ0n) is 10.8. The average Bonchev–Trinajstić information content (AvgIpc) is 2.47. The maximum atomic E-state index is 5.24. The Bertz CT molecular complexity index is 513. The first-order valence-electron chi connectivity index (χ1n) is 6.26. The monoisotopic (exact) mass is 271 g/mol. The topological polar surface area (TPSA) is 37.0 Å². The van der Waals surface area contributed by atoms with Gasteiger partial charge in [0.1, 0.15) is 5.82 Å². The first-order chi connectivity index (χ1) is 9.25. The van der Waals surface area contributed by atoms with Gasteiger partial charge in [-0.1, -0.05) is 43.3 Å². The van der Waals surface area contributed by atoms with E-state index in [4.69, 9.17) is 12.2 Å². The second-order valence-electron chi connectivity index (χ2n) is 4.36. The zero-order chi connectivity index (χ0) is 13.5. The Morgan fingerprint density at radius 1 is 1.16 bits per heavy atom. The molecule has 0 spiro atoms. The van der Waals surface area contributed by atoms with E-state index in [1.54, 1.807) is 6.20 Å². The van der Waals surface area contributed by atoms with E-state index in [1.807, 2.05) is 24.3 Å². The van der Waals surface area contributed by atoms with Crippen LogP contribution >= 0.6 is 12.2 Å². The summed E-state index contributed by atoms with van der Waals surface area (Å²) in [6.07, 6.45) is 1.73. The molecule has 3 nitrogen and oxygen atoms in total. The van der Waals surface area contributed by atoms with Gasteiger partial charge in [0.05, 0.1) is 0 Å². The maximum Gasteiger partial charge on any atom is 0.171 e. The molecule has 98 valence electrons. The lowest BCUT2D eigenvalue weighted by Gasteiger charge is -2.15. The molecule has 0 aliphatic heterocycles. The largest absolute Gasteiger partial charge is 0.362 e. The number of hydrogen-bond donors (Lipinski definition) is 2. The quantitative estimate of drug-likeness (QED) is 0.838. The highest BCUT2D eigenvalue weighted by Crippen LogP contribution is 2.13. The number of aromatic nitrogens is 1. The van der Waals surface area contributed by atoms with Crippen LogP contribution in [0.1, 0.15) is 18.4 Å². The van der Waals surface area contributed by atoms with Gasteiger partial charge >= 0.3 is 0 Å². The standard InChI is InChI=1S/C15H17N3S/c1-12(13-7-3-2-4-8-13)11-17-15(19)18-14-9-5-6-10-16-14/h2-10,12H,11H2,1H3,(H2,16,17,18,19)/t12-/m0/s1. The van der Waals surface area contributed by atoms with Gasteiger partial charge in [-0.3, -0.25) is 0 Å².